The molecule has 1 aliphatic rings. The number of nitrogens with zero attached hydrogens (tertiary/aromatic N) is 2. The number of hydrogen-bond donors (Lipinski definition) is 1. The number of thioether (sulfide) groups is 1. The highest BCUT2D eigenvalue weighted by molar-refractivity contribution is 8.00. The molecule has 0 bridgehead atoms. The SMILES string of the molecule is O=C(Nc1nnc(SCc2cccs2)s1)C1CCCO1. The molecule has 1 fully saturated rings. The van der Waals surface area contributed by atoms with Crippen LogP contribution in [0.2, 0.25) is 0 Å². The molecule has 1 saturated heterocycles. The topological polar surface area (TPSA) is 64.1 Å². The van der Waals surface area contributed by atoms with Crippen LogP contribution in [0.1, 0.15) is 17.7 Å². The summed E-state index contributed by atoms with van der Waals surface area (Å²) >= 11 is 4.76. The summed E-state index contributed by atoms with van der Waals surface area (Å²) in [6.07, 6.45) is 1.39. The van der Waals surface area contributed by atoms with Crippen LogP contribution in [0.25, 0.3) is 0 Å². The second-order valence-electron chi connectivity index (χ2n) is 4.23. The lowest BCUT2D eigenvalue weighted by molar-refractivity contribution is -0.124. The number of amides is 1. The zero-order chi connectivity index (χ0) is 13.8. The number of hydrogen-bond acceptors (Lipinski definition) is 7. The van der Waals surface area contributed by atoms with E-state index < -0.39 is 0 Å². The molecule has 5 nitrogen and oxygen atoms in total. The van der Waals surface area contributed by atoms with Gasteiger partial charge in [-0.1, -0.05) is 29.2 Å². The van der Waals surface area contributed by atoms with Gasteiger partial charge in [-0.2, -0.15) is 0 Å². The first-order valence-electron chi connectivity index (χ1n) is 6.22. The van der Waals surface area contributed by atoms with Crippen LogP contribution in [0.4, 0.5) is 5.13 Å². The third kappa shape index (κ3) is 3.57. The van der Waals surface area contributed by atoms with Crippen molar-refractivity contribution in [3.63, 3.8) is 0 Å². The number of carbonyl (C=O) groups excluding carboxylic acids is 1. The second-order valence-corrected chi connectivity index (χ2v) is 7.46. The van der Waals surface area contributed by atoms with Crippen molar-refractivity contribution in [2.45, 2.75) is 29.0 Å². The van der Waals surface area contributed by atoms with Crippen LogP contribution < -0.4 is 5.32 Å². The summed E-state index contributed by atoms with van der Waals surface area (Å²) in [5, 5.41) is 13.4. The van der Waals surface area contributed by atoms with Gasteiger partial charge < -0.3 is 4.74 Å². The van der Waals surface area contributed by atoms with Gasteiger partial charge in [0, 0.05) is 17.2 Å². The summed E-state index contributed by atoms with van der Waals surface area (Å²) in [5.41, 5.74) is 0. The molecular formula is C12H13N3O2S3. The lowest BCUT2D eigenvalue weighted by atomic mass is 10.2. The fourth-order valence-electron chi connectivity index (χ4n) is 1.82. The van der Waals surface area contributed by atoms with E-state index in [9.17, 15) is 4.79 Å². The van der Waals surface area contributed by atoms with Crippen molar-refractivity contribution < 1.29 is 9.53 Å². The molecule has 0 radical (unpaired) electrons. The molecule has 20 heavy (non-hydrogen) atoms. The average molecular weight is 327 g/mol. The third-order valence-electron chi connectivity index (χ3n) is 2.78. The first kappa shape index (κ1) is 14.0. The predicted octanol–water partition coefficient (Wildman–Crippen LogP) is 3.01. The molecule has 0 spiro atoms. The minimum Gasteiger partial charge on any atom is -0.368 e. The average Bonchev–Trinajstić information content (AvgIpc) is 3.19. The highest BCUT2D eigenvalue weighted by Gasteiger charge is 2.24. The first-order chi connectivity index (χ1) is 9.81. The summed E-state index contributed by atoms with van der Waals surface area (Å²) in [6, 6.07) is 4.13. The highest BCUT2D eigenvalue weighted by Crippen LogP contribution is 2.29. The molecule has 0 aromatic carbocycles. The molecule has 8 heteroatoms. The van der Waals surface area contributed by atoms with Gasteiger partial charge in [-0.25, -0.2) is 0 Å². The van der Waals surface area contributed by atoms with Gasteiger partial charge in [-0.3, -0.25) is 10.1 Å². The largest absolute Gasteiger partial charge is 0.368 e. The summed E-state index contributed by atoms with van der Waals surface area (Å²) in [5.74, 6) is 0.764. The van der Waals surface area contributed by atoms with Gasteiger partial charge in [0.05, 0.1) is 0 Å². The molecule has 106 valence electrons. The van der Waals surface area contributed by atoms with Gasteiger partial charge in [0.2, 0.25) is 5.13 Å². The number of aromatic nitrogens is 2. The van der Waals surface area contributed by atoms with E-state index in [4.69, 9.17) is 4.74 Å². The first-order valence-corrected chi connectivity index (χ1v) is 8.90. The number of ether oxygens (including phenoxy) is 1. The lowest BCUT2D eigenvalue weighted by Gasteiger charge is -2.06. The third-order valence-corrected chi connectivity index (χ3v) is 5.86. The molecule has 1 unspecified atom stereocenters. The number of anilines is 1. The molecule has 1 aliphatic heterocycles. The van der Waals surface area contributed by atoms with E-state index in [2.05, 4.69) is 27.0 Å². The Labute approximate surface area is 128 Å². The van der Waals surface area contributed by atoms with Crippen LogP contribution in [0.3, 0.4) is 0 Å². The van der Waals surface area contributed by atoms with Crippen molar-refractivity contribution in [3.05, 3.63) is 22.4 Å². The molecule has 0 aliphatic carbocycles. The van der Waals surface area contributed by atoms with Crippen molar-refractivity contribution in [1.29, 1.82) is 0 Å². The highest BCUT2D eigenvalue weighted by atomic mass is 32.2. The van der Waals surface area contributed by atoms with Gasteiger partial charge >= 0.3 is 0 Å². The van der Waals surface area contributed by atoms with Crippen LogP contribution >= 0.6 is 34.4 Å². The smallest absolute Gasteiger partial charge is 0.255 e. The maximum Gasteiger partial charge on any atom is 0.255 e. The van der Waals surface area contributed by atoms with Gasteiger partial charge in [-0.15, -0.1) is 21.5 Å². The van der Waals surface area contributed by atoms with E-state index in [0.717, 1.165) is 22.9 Å². The fourth-order valence-corrected chi connectivity index (χ4v) is 4.34. The van der Waals surface area contributed by atoms with Gasteiger partial charge in [0.1, 0.15) is 6.10 Å². The normalized spacial score (nSPS) is 18.3. The number of carbonyl (C=O) groups is 1. The summed E-state index contributed by atoms with van der Waals surface area (Å²) < 4.78 is 6.19. The van der Waals surface area contributed by atoms with Crippen LogP contribution in [-0.2, 0) is 15.3 Å². The van der Waals surface area contributed by atoms with E-state index in [1.807, 2.05) is 6.07 Å². The molecule has 2 aromatic rings. The minimum absolute atomic E-state index is 0.117. The minimum atomic E-state index is -0.332. The second kappa shape index (κ2) is 6.66. The van der Waals surface area contributed by atoms with E-state index in [1.54, 1.807) is 23.1 Å². The van der Waals surface area contributed by atoms with E-state index in [-0.39, 0.29) is 12.0 Å². The quantitative estimate of drug-likeness (QED) is 0.675. The molecule has 0 saturated carbocycles. The Hall–Kier alpha value is -0.960. The zero-order valence-electron chi connectivity index (χ0n) is 10.6. The predicted molar refractivity (Wildman–Crippen MR) is 81.4 cm³/mol. The number of nitrogens with one attached hydrogen (secondary N) is 1. The Morgan fingerprint density at radius 1 is 1.55 bits per heavy atom. The summed E-state index contributed by atoms with van der Waals surface area (Å²) in [7, 11) is 0. The van der Waals surface area contributed by atoms with Crippen LogP contribution in [0.5, 0.6) is 0 Å². The Balaban J connectivity index is 1.52. The molecule has 1 N–H and O–H groups in total. The lowest BCUT2D eigenvalue weighted by Crippen LogP contribution is -2.26. The molecule has 3 heterocycles. The van der Waals surface area contributed by atoms with Crippen LogP contribution in [0.15, 0.2) is 21.9 Å². The van der Waals surface area contributed by atoms with Crippen LogP contribution in [0, 0.1) is 0 Å². The molecule has 1 atom stereocenters. The molecule has 2 aromatic heterocycles. The molecular weight excluding hydrogens is 314 g/mol. The van der Waals surface area contributed by atoms with Gasteiger partial charge in [0.25, 0.3) is 5.91 Å². The maximum absolute atomic E-state index is 11.9. The van der Waals surface area contributed by atoms with E-state index in [0.29, 0.717) is 11.7 Å². The molecule has 3 rings (SSSR count). The van der Waals surface area contributed by atoms with Crippen molar-refractivity contribution in [2.24, 2.45) is 0 Å². The Kier molecular flexibility index (Phi) is 4.66. The van der Waals surface area contributed by atoms with Crippen molar-refractivity contribution in [3.8, 4) is 0 Å². The summed E-state index contributed by atoms with van der Waals surface area (Å²) in [6.45, 7) is 0.663. The van der Waals surface area contributed by atoms with Gasteiger partial charge in [0.15, 0.2) is 4.34 Å². The summed E-state index contributed by atoms with van der Waals surface area (Å²) in [4.78, 5) is 13.2. The molecule has 1 amide bonds. The van der Waals surface area contributed by atoms with E-state index >= 15 is 0 Å². The Morgan fingerprint density at radius 2 is 2.50 bits per heavy atom. The number of rotatable bonds is 5. The maximum atomic E-state index is 11.9. The fraction of sp³-hybridized carbons (Fsp3) is 0.417. The Morgan fingerprint density at radius 3 is 3.25 bits per heavy atom. The Bertz CT molecular complexity index is 564. The standard InChI is InChI=1S/C12H13N3O2S3/c16-10(9-4-1-5-17-9)13-11-14-15-12(20-11)19-7-8-3-2-6-18-8/h2-3,6,9H,1,4-5,7H2,(H,13,14,16). The van der Waals surface area contributed by atoms with Crippen LogP contribution in [-0.4, -0.2) is 28.8 Å². The monoisotopic (exact) mass is 327 g/mol. The van der Waals surface area contributed by atoms with Gasteiger partial charge in [-0.05, 0) is 24.3 Å². The number of thiophene rings is 1. The zero-order valence-corrected chi connectivity index (χ0v) is 13.0. The van der Waals surface area contributed by atoms with Crippen molar-refractivity contribution in [2.75, 3.05) is 11.9 Å². The van der Waals surface area contributed by atoms with Crippen molar-refractivity contribution >= 4 is 45.5 Å². The van der Waals surface area contributed by atoms with Crippen molar-refractivity contribution in [1.82, 2.24) is 10.2 Å². The van der Waals surface area contributed by atoms with E-state index in [1.165, 1.54) is 16.2 Å².